The minimum Gasteiger partial charge on any atom is -0.353 e. The third-order valence-corrected chi connectivity index (χ3v) is 4.33. The average Bonchev–Trinajstić information content (AvgIpc) is 3.10. The Bertz CT molecular complexity index is 639. The highest BCUT2D eigenvalue weighted by Gasteiger charge is 2.14. The van der Waals surface area contributed by atoms with Gasteiger partial charge in [0.05, 0.1) is 24.2 Å². The Labute approximate surface area is 154 Å². The Morgan fingerprint density at radius 2 is 2.20 bits per heavy atom. The monoisotopic (exact) mass is 362 g/mol. The second-order valence-corrected chi connectivity index (χ2v) is 7.07. The molecule has 0 radical (unpaired) electrons. The van der Waals surface area contributed by atoms with E-state index in [2.05, 4.69) is 40.4 Å². The average molecular weight is 362 g/mol. The highest BCUT2D eigenvalue weighted by Crippen LogP contribution is 2.14. The number of hydrogen-bond acceptors (Lipinski definition) is 6. The minimum absolute atomic E-state index is 0.0510. The smallest absolute Gasteiger partial charge is 0.157 e. The van der Waals surface area contributed by atoms with E-state index < -0.39 is 0 Å². The molecule has 0 bridgehead atoms. The number of aromatic nitrogens is 3. The maximum absolute atomic E-state index is 5.75. The zero-order chi connectivity index (χ0) is 17.5. The summed E-state index contributed by atoms with van der Waals surface area (Å²) in [6, 6.07) is 8.27. The summed E-state index contributed by atoms with van der Waals surface area (Å²) >= 11 is 4.32. The third-order valence-electron chi connectivity index (χ3n) is 4.14. The maximum Gasteiger partial charge on any atom is 0.157 e. The number of rotatable bonds is 8. The van der Waals surface area contributed by atoms with Crippen molar-refractivity contribution in [3.63, 3.8) is 0 Å². The number of thiol groups is 1. The van der Waals surface area contributed by atoms with Crippen LogP contribution in [0.15, 0.2) is 30.5 Å². The van der Waals surface area contributed by atoms with E-state index in [1.165, 1.54) is 12.0 Å². The molecule has 0 saturated carbocycles. The van der Waals surface area contributed by atoms with Crippen molar-refractivity contribution < 1.29 is 9.47 Å². The summed E-state index contributed by atoms with van der Waals surface area (Å²) in [5.41, 5.74) is 3.13. The van der Waals surface area contributed by atoms with E-state index in [-0.39, 0.29) is 11.7 Å². The summed E-state index contributed by atoms with van der Waals surface area (Å²) in [6.45, 7) is 4.22. The molecule has 0 aliphatic carbocycles. The van der Waals surface area contributed by atoms with Crippen LogP contribution in [0.25, 0.3) is 5.69 Å². The number of nitrogens with one attached hydrogen (secondary N) is 1. The maximum atomic E-state index is 5.75. The Balaban J connectivity index is 1.48. The molecule has 136 valence electrons. The van der Waals surface area contributed by atoms with Gasteiger partial charge in [0.25, 0.3) is 0 Å². The standard InChI is InChI=1S/C18H26N4O2S/c1-14(25)19-12-15-5-7-17(8-6-15)22-13-16(20-21-22)9-11-24-18-4-2-3-10-23-18/h5-8,13-14,18-19,25H,2-4,9-12H2,1H3. The van der Waals surface area contributed by atoms with Crippen LogP contribution in [0, 0.1) is 0 Å². The first-order valence-electron chi connectivity index (χ1n) is 8.86. The van der Waals surface area contributed by atoms with Crippen LogP contribution in [0.3, 0.4) is 0 Å². The van der Waals surface area contributed by atoms with Crippen molar-refractivity contribution in [2.24, 2.45) is 0 Å². The molecule has 3 rings (SSSR count). The number of hydrogen-bond donors (Lipinski definition) is 2. The van der Waals surface area contributed by atoms with Crippen molar-refractivity contribution in [3.8, 4) is 5.69 Å². The predicted octanol–water partition coefficient (Wildman–Crippen LogP) is 2.72. The number of benzene rings is 1. The molecule has 1 aliphatic rings. The summed E-state index contributed by atoms with van der Waals surface area (Å²) in [7, 11) is 0. The number of nitrogens with zero attached hydrogens (tertiary/aromatic N) is 3. The van der Waals surface area contributed by atoms with Crippen LogP contribution >= 0.6 is 12.6 Å². The molecular weight excluding hydrogens is 336 g/mol. The zero-order valence-electron chi connectivity index (χ0n) is 14.6. The third kappa shape index (κ3) is 5.81. The Hall–Kier alpha value is -1.41. The molecule has 1 N–H and O–H groups in total. The van der Waals surface area contributed by atoms with Crippen LogP contribution in [0.5, 0.6) is 0 Å². The first kappa shape index (κ1) is 18.4. The number of ether oxygens (including phenoxy) is 2. The van der Waals surface area contributed by atoms with Crippen LogP contribution in [0.2, 0.25) is 0 Å². The molecule has 1 aliphatic heterocycles. The first-order valence-corrected chi connectivity index (χ1v) is 9.37. The second-order valence-electron chi connectivity index (χ2n) is 6.29. The van der Waals surface area contributed by atoms with Gasteiger partial charge in [-0.3, -0.25) is 0 Å². The Morgan fingerprint density at radius 1 is 1.36 bits per heavy atom. The molecule has 7 heteroatoms. The lowest BCUT2D eigenvalue weighted by molar-refractivity contribution is -0.161. The minimum atomic E-state index is -0.0510. The van der Waals surface area contributed by atoms with Crippen molar-refractivity contribution in [1.82, 2.24) is 20.3 Å². The quantitative estimate of drug-likeness (QED) is 0.558. The van der Waals surface area contributed by atoms with Gasteiger partial charge in [-0.05, 0) is 43.9 Å². The van der Waals surface area contributed by atoms with Gasteiger partial charge >= 0.3 is 0 Å². The van der Waals surface area contributed by atoms with Gasteiger partial charge in [0.15, 0.2) is 6.29 Å². The molecule has 1 aromatic carbocycles. The van der Waals surface area contributed by atoms with Gasteiger partial charge in [0, 0.05) is 24.9 Å². The van der Waals surface area contributed by atoms with Crippen molar-refractivity contribution in [1.29, 1.82) is 0 Å². The fourth-order valence-electron chi connectivity index (χ4n) is 2.71. The van der Waals surface area contributed by atoms with Crippen LogP contribution in [0.1, 0.15) is 37.4 Å². The zero-order valence-corrected chi connectivity index (χ0v) is 15.5. The molecule has 0 spiro atoms. The SMILES string of the molecule is CC(S)NCc1ccc(-n2cc(CCOC3CCCCO3)nn2)cc1. The molecule has 25 heavy (non-hydrogen) atoms. The van der Waals surface area contributed by atoms with Crippen LogP contribution in [0.4, 0.5) is 0 Å². The van der Waals surface area contributed by atoms with Gasteiger partial charge in [-0.2, -0.15) is 12.6 Å². The lowest BCUT2D eigenvalue weighted by Crippen LogP contribution is -2.23. The normalized spacial score (nSPS) is 19.0. The van der Waals surface area contributed by atoms with Crippen LogP contribution < -0.4 is 5.32 Å². The molecule has 1 aromatic heterocycles. The first-order chi connectivity index (χ1) is 12.2. The predicted molar refractivity (Wildman–Crippen MR) is 99.9 cm³/mol. The van der Waals surface area contributed by atoms with E-state index in [4.69, 9.17) is 9.47 Å². The molecule has 1 saturated heterocycles. The van der Waals surface area contributed by atoms with E-state index in [0.717, 1.165) is 43.8 Å². The molecule has 2 unspecified atom stereocenters. The lowest BCUT2D eigenvalue weighted by atomic mass is 10.2. The van der Waals surface area contributed by atoms with Gasteiger partial charge < -0.3 is 14.8 Å². The van der Waals surface area contributed by atoms with E-state index in [0.29, 0.717) is 6.61 Å². The molecule has 1 fully saturated rings. The molecule has 0 amide bonds. The van der Waals surface area contributed by atoms with Crippen molar-refractivity contribution in [2.45, 2.75) is 50.8 Å². The second kappa shape index (κ2) is 9.33. The van der Waals surface area contributed by atoms with Gasteiger partial charge in [0.2, 0.25) is 0 Å². The fourth-order valence-corrected chi connectivity index (χ4v) is 2.80. The highest BCUT2D eigenvalue weighted by atomic mass is 32.1. The van der Waals surface area contributed by atoms with Crippen molar-refractivity contribution in [3.05, 3.63) is 41.7 Å². The van der Waals surface area contributed by atoms with Gasteiger partial charge in [-0.1, -0.05) is 17.3 Å². The van der Waals surface area contributed by atoms with E-state index >= 15 is 0 Å². The van der Waals surface area contributed by atoms with Gasteiger partial charge in [-0.15, -0.1) is 5.10 Å². The van der Waals surface area contributed by atoms with Crippen molar-refractivity contribution >= 4 is 12.6 Å². The fraction of sp³-hybridized carbons (Fsp3) is 0.556. The lowest BCUT2D eigenvalue weighted by Gasteiger charge is -2.22. The van der Waals surface area contributed by atoms with Gasteiger partial charge in [0.1, 0.15) is 0 Å². The molecule has 2 heterocycles. The largest absolute Gasteiger partial charge is 0.353 e. The van der Waals surface area contributed by atoms with Crippen molar-refractivity contribution in [2.75, 3.05) is 13.2 Å². The Morgan fingerprint density at radius 3 is 2.92 bits per heavy atom. The molecule has 6 nitrogen and oxygen atoms in total. The van der Waals surface area contributed by atoms with E-state index in [1.807, 2.05) is 25.3 Å². The molecule has 2 aromatic rings. The van der Waals surface area contributed by atoms with E-state index in [9.17, 15) is 0 Å². The summed E-state index contributed by atoms with van der Waals surface area (Å²) in [5, 5.41) is 11.9. The van der Waals surface area contributed by atoms with Crippen LogP contribution in [-0.2, 0) is 22.4 Å². The summed E-state index contributed by atoms with van der Waals surface area (Å²) in [6.07, 6.45) is 5.94. The van der Waals surface area contributed by atoms with E-state index in [1.54, 1.807) is 4.68 Å². The van der Waals surface area contributed by atoms with Crippen LogP contribution in [-0.4, -0.2) is 39.9 Å². The topological polar surface area (TPSA) is 61.2 Å². The Kier molecular flexibility index (Phi) is 6.86. The summed E-state index contributed by atoms with van der Waals surface area (Å²) in [4.78, 5) is 0. The molecular formula is C18H26N4O2S. The summed E-state index contributed by atoms with van der Waals surface area (Å²) < 4.78 is 13.1. The molecule has 2 atom stereocenters. The summed E-state index contributed by atoms with van der Waals surface area (Å²) in [5.74, 6) is 0. The van der Waals surface area contributed by atoms with Gasteiger partial charge in [-0.25, -0.2) is 4.68 Å². The highest BCUT2D eigenvalue weighted by molar-refractivity contribution is 7.80.